The third-order valence-corrected chi connectivity index (χ3v) is 4.85. The van der Waals surface area contributed by atoms with E-state index in [0.29, 0.717) is 12.0 Å². The molecule has 0 radical (unpaired) electrons. The number of benzene rings is 2. The predicted molar refractivity (Wildman–Crippen MR) is 113 cm³/mol. The fourth-order valence-corrected chi connectivity index (χ4v) is 2.94. The predicted octanol–water partition coefficient (Wildman–Crippen LogP) is 4.14. The van der Waals surface area contributed by atoms with Crippen molar-refractivity contribution < 1.29 is 28.1 Å². The number of hydrogen-bond donors (Lipinski definition) is 3. The van der Waals surface area contributed by atoms with Gasteiger partial charge in [0.1, 0.15) is 5.75 Å². The van der Waals surface area contributed by atoms with E-state index in [9.17, 15) is 23.4 Å². The molecule has 0 heterocycles. The summed E-state index contributed by atoms with van der Waals surface area (Å²) in [6.45, 7) is -0.685. The SMILES string of the molecule is Cl.NC(CO)(CO)CCc1ccc(OCCCCc2ccccc2)c(C(F)(F)F)c1. The lowest BCUT2D eigenvalue weighted by Crippen LogP contribution is -2.47. The first-order valence-electron chi connectivity index (χ1n) is 9.65. The second-order valence-electron chi connectivity index (χ2n) is 7.30. The highest BCUT2D eigenvalue weighted by Crippen LogP contribution is 2.37. The van der Waals surface area contributed by atoms with Crippen LogP contribution < -0.4 is 10.5 Å². The van der Waals surface area contributed by atoms with Crippen molar-refractivity contribution in [3.8, 4) is 5.75 Å². The molecule has 0 amide bonds. The maximum atomic E-state index is 13.4. The van der Waals surface area contributed by atoms with Crippen LogP contribution in [-0.4, -0.2) is 35.6 Å². The number of unbranched alkanes of at least 4 members (excludes halogenated alkanes) is 1. The highest BCUT2D eigenvalue weighted by molar-refractivity contribution is 5.85. The van der Waals surface area contributed by atoms with E-state index in [1.165, 1.54) is 11.6 Å². The van der Waals surface area contributed by atoms with E-state index in [1.54, 1.807) is 6.07 Å². The first-order valence-corrected chi connectivity index (χ1v) is 9.65. The molecule has 0 saturated carbocycles. The van der Waals surface area contributed by atoms with Crippen LogP contribution in [0.2, 0.25) is 0 Å². The topological polar surface area (TPSA) is 75.7 Å². The Hall–Kier alpha value is -1.80. The highest BCUT2D eigenvalue weighted by atomic mass is 35.5. The Kier molecular flexibility index (Phi) is 10.6. The van der Waals surface area contributed by atoms with E-state index >= 15 is 0 Å². The van der Waals surface area contributed by atoms with E-state index in [4.69, 9.17) is 10.5 Å². The normalized spacial score (nSPS) is 11.8. The Labute approximate surface area is 181 Å². The fraction of sp³-hybridized carbons (Fsp3) is 0.455. The van der Waals surface area contributed by atoms with Crippen LogP contribution in [0.3, 0.4) is 0 Å². The monoisotopic (exact) mass is 447 g/mol. The molecule has 0 atom stereocenters. The smallest absolute Gasteiger partial charge is 0.419 e. The molecule has 2 rings (SSSR count). The lowest BCUT2D eigenvalue weighted by molar-refractivity contribution is -0.139. The summed E-state index contributed by atoms with van der Waals surface area (Å²) in [5, 5.41) is 18.4. The van der Waals surface area contributed by atoms with Crippen LogP contribution in [0.1, 0.15) is 36.0 Å². The number of aliphatic hydroxyl groups is 2. The quantitative estimate of drug-likeness (QED) is 0.452. The second kappa shape index (κ2) is 12.2. The zero-order chi connectivity index (χ0) is 21.3. The Morgan fingerprint density at radius 3 is 2.13 bits per heavy atom. The van der Waals surface area contributed by atoms with Gasteiger partial charge in [0.2, 0.25) is 0 Å². The molecular weight excluding hydrogens is 419 g/mol. The van der Waals surface area contributed by atoms with Gasteiger partial charge in [0.25, 0.3) is 0 Å². The number of aliphatic hydroxyl groups excluding tert-OH is 2. The maximum absolute atomic E-state index is 13.4. The number of hydrogen-bond acceptors (Lipinski definition) is 4. The molecule has 0 aliphatic carbocycles. The van der Waals surface area contributed by atoms with Crippen LogP contribution in [0.25, 0.3) is 0 Å². The van der Waals surface area contributed by atoms with Gasteiger partial charge in [-0.25, -0.2) is 0 Å². The first kappa shape index (κ1) is 26.2. The first-order chi connectivity index (χ1) is 13.8. The second-order valence-corrected chi connectivity index (χ2v) is 7.30. The zero-order valence-electron chi connectivity index (χ0n) is 16.7. The summed E-state index contributed by atoms with van der Waals surface area (Å²) in [4.78, 5) is 0. The van der Waals surface area contributed by atoms with Gasteiger partial charge in [0, 0.05) is 0 Å². The summed E-state index contributed by atoms with van der Waals surface area (Å²) in [6.07, 6.45) is -1.84. The van der Waals surface area contributed by atoms with E-state index in [2.05, 4.69) is 0 Å². The van der Waals surface area contributed by atoms with Gasteiger partial charge in [-0.3, -0.25) is 0 Å². The largest absolute Gasteiger partial charge is 0.493 e. The van der Waals surface area contributed by atoms with Gasteiger partial charge < -0.3 is 20.7 Å². The standard InChI is InChI=1S/C22H28F3NO3.ClH/c23-22(24,25)19-14-18(11-12-21(26,15-27)16-28)9-10-20(19)29-13-5-4-8-17-6-2-1-3-7-17;/h1-3,6-7,9-10,14,27-28H,4-5,8,11-13,15-16,26H2;1H. The van der Waals surface area contributed by atoms with E-state index in [0.717, 1.165) is 18.9 Å². The van der Waals surface area contributed by atoms with Crippen molar-refractivity contribution in [1.29, 1.82) is 0 Å². The van der Waals surface area contributed by atoms with E-state index in [-0.39, 0.29) is 37.6 Å². The lowest BCUT2D eigenvalue weighted by atomic mass is 9.93. The lowest BCUT2D eigenvalue weighted by Gasteiger charge is -2.24. The van der Waals surface area contributed by atoms with Crippen molar-refractivity contribution in [2.45, 2.75) is 43.8 Å². The van der Waals surface area contributed by atoms with Gasteiger partial charge in [0.05, 0.1) is 30.9 Å². The summed E-state index contributed by atoms with van der Waals surface area (Å²) >= 11 is 0. The zero-order valence-corrected chi connectivity index (χ0v) is 17.5. The molecule has 4 nitrogen and oxygen atoms in total. The van der Waals surface area contributed by atoms with Gasteiger partial charge in [0.15, 0.2) is 0 Å². The maximum Gasteiger partial charge on any atom is 0.419 e. The number of aryl methyl sites for hydroxylation is 2. The minimum atomic E-state index is -4.54. The highest BCUT2D eigenvalue weighted by Gasteiger charge is 2.35. The van der Waals surface area contributed by atoms with Crippen LogP contribution in [0.4, 0.5) is 13.2 Å². The van der Waals surface area contributed by atoms with Gasteiger partial charge >= 0.3 is 6.18 Å². The van der Waals surface area contributed by atoms with Gasteiger partial charge in [-0.1, -0.05) is 36.4 Å². The summed E-state index contributed by atoms with van der Waals surface area (Å²) in [6, 6.07) is 13.8. The number of ether oxygens (including phenoxy) is 1. The molecule has 0 bridgehead atoms. The average molecular weight is 448 g/mol. The minimum Gasteiger partial charge on any atom is -0.493 e. The van der Waals surface area contributed by atoms with Crippen molar-refractivity contribution in [2.24, 2.45) is 5.73 Å². The Morgan fingerprint density at radius 2 is 1.53 bits per heavy atom. The molecule has 0 fully saturated rings. The number of halogens is 4. The van der Waals surface area contributed by atoms with Gasteiger partial charge in [-0.05, 0) is 55.4 Å². The Morgan fingerprint density at radius 1 is 0.867 bits per heavy atom. The molecule has 30 heavy (non-hydrogen) atoms. The van der Waals surface area contributed by atoms with Crippen molar-refractivity contribution in [3.05, 3.63) is 65.2 Å². The molecular formula is C22H29ClF3NO3. The molecule has 8 heteroatoms. The summed E-state index contributed by atoms with van der Waals surface area (Å²) < 4.78 is 45.8. The van der Waals surface area contributed by atoms with Crippen LogP contribution >= 0.6 is 12.4 Å². The fourth-order valence-electron chi connectivity index (χ4n) is 2.94. The summed E-state index contributed by atoms with van der Waals surface area (Å²) in [7, 11) is 0. The molecule has 0 spiro atoms. The average Bonchev–Trinajstić information content (AvgIpc) is 2.72. The van der Waals surface area contributed by atoms with Crippen molar-refractivity contribution in [2.75, 3.05) is 19.8 Å². The number of nitrogens with two attached hydrogens (primary N) is 1. The van der Waals surface area contributed by atoms with Crippen molar-refractivity contribution in [1.82, 2.24) is 0 Å². The Bertz CT molecular complexity index is 753. The Balaban J connectivity index is 0.00000450. The summed E-state index contributed by atoms with van der Waals surface area (Å²) in [5.41, 5.74) is 5.36. The van der Waals surface area contributed by atoms with Gasteiger partial charge in [-0.15, -0.1) is 12.4 Å². The molecule has 0 saturated heterocycles. The van der Waals surface area contributed by atoms with Crippen LogP contribution in [0.15, 0.2) is 48.5 Å². The molecule has 2 aromatic rings. The van der Waals surface area contributed by atoms with Crippen LogP contribution in [0.5, 0.6) is 5.75 Å². The van der Waals surface area contributed by atoms with E-state index < -0.39 is 30.5 Å². The number of rotatable bonds is 11. The van der Waals surface area contributed by atoms with Crippen LogP contribution in [0, 0.1) is 0 Å². The van der Waals surface area contributed by atoms with Crippen molar-refractivity contribution >= 4 is 12.4 Å². The van der Waals surface area contributed by atoms with Crippen LogP contribution in [-0.2, 0) is 19.0 Å². The minimum absolute atomic E-state index is 0. The molecule has 0 aliphatic heterocycles. The van der Waals surface area contributed by atoms with Crippen molar-refractivity contribution in [3.63, 3.8) is 0 Å². The molecule has 4 N–H and O–H groups in total. The molecule has 0 unspecified atom stereocenters. The van der Waals surface area contributed by atoms with E-state index in [1.807, 2.05) is 30.3 Å². The third kappa shape index (κ3) is 8.14. The number of alkyl halides is 3. The molecule has 2 aromatic carbocycles. The molecule has 0 aliphatic rings. The summed E-state index contributed by atoms with van der Waals surface area (Å²) in [5.74, 6) is -0.190. The molecule has 0 aromatic heterocycles. The molecule has 168 valence electrons. The third-order valence-electron chi connectivity index (χ3n) is 4.85. The van der Waals surface area contributed by atoms with Gasteiger partial charge in [-0.2, -0.15) is 13.2 Å².